The van der Waals surface area contributed by atoms with Crippen LogP contribution in [-0.4, -0.2) is 40.6 Å². The van der Waals surface area contributed by atoms with Gasteiger partial charge in [-0.15, -0.1) is 0 Å². The van der Waals surface area contributed by atoms with Gasteiger partial charge in [0.05, 0.1) is 23.2 Å². The summed E-state index contributed by atoms with van der Waals surface area (Å²) < 4.78 is 5.07. The molecule has 0 fully saturated rings. The third kappa shape index (κ3) is 5.11. The predicted molar refractivity (Wildman–Crippen MR) is 102 cm³/mol. The molecule has 0 aromatic carbocycles. The summed E-state index contributed by atoms with van der Waals surface area (Å²) >= 11 is 0. The average molecular weight is 346 g/mol. The van der Waals surface area contributed by atoms with E-state index in [-0.39, 0.29) is 12.5 Å². The first-order chi connectivity index (χ1) is 12.0. The van der Waals surface area contributed by atoms with E-state index >= 15 is 0 Å². The lowest BCUT2D eigenvalue weighted by atomic mass is 10.1. The number of anilines is 1. The van der Waals surface area contributed by atoms with E-state index in [9.17, 15) is 4.79 Å². The molecule has 0 saturated carbocycles. The zero-order valence-electron chi connectivity index (χ0n) is 16.5. The van der Waals surface area contributed by atoms with E-state index in [0.717, 1.165) is 34.5 Å². The third-order valence-corrected chi connectivity index (χ3v) is 3.62. The van der Waals surface area contributed by atoms with Crippen LogP contribution in [0, 0.1) is 13.8 Å². The Balaban J connectivity index is 0.00000151. The first-order valence-electron chi connectivity index (χ1n) is 9.05. The summed E-state index contributed by atoms with van der Waals surface area (Å²) in [5.74, 6) is 1.19. The molecule has 0 radical (unpaired) electrons. The maximum atomic E-state index is 11.9. The van der Waals surface area contributed by atoms with E-state index in [1.54, 1.807) is 6.92 Å². The first kappa shape index (κ1) is 20.8. The van der Waals surface area contributed by atoms with Crippen molar-refractivity contribution < 1.29 is 9.53 Å². The molecule has 0 unspecified atom stereocenters. The number of hydrogen-bond acceptors (Lipinski definition) is 6. The first-order valence-corrected chi connectivity index (χ1v) is 9.05. The second-order valence-electron chi connectivity index (χ2n) is 5.37. The molecule has 138 valence electrons. The van der Waals surface area contributed by atoms with Crippen molar-refractivity contribution in [3.8, 4) is 0 Å². The predicted octanol–water partition coefficient (Wildman–Crippen LogP) is 3.62. The lowest BCUT2D eigenvalue weighted by Crippen LogP contribution is -2.32. The molecular formula is C19H30N4O2. The van der Waals surface area contributed by atoms with E-state index in [1.165, 1.54) is 0 Å². The molecule has 2 aromatic rings. The van der Waals surface area contributed by atoms with Crippen LogP contribution in [0.5, 0.6) is 0 Å². The monoisotopic (exact) mass is 346 g/mol. The number of hydrogen-bond donors (Lipinski definition) is 0. The number of carbonyl (C=O) groups is 1. The molecule has 0 N–H and O–H groups in total. The summed E-state index contributed by atoms with van der Waals surface area (Å²) in [5.41, 5.74) is 2.77. The van der Waals surface area contributed by atoms with Crippen LogP contribution in [0.15, 0.2) is 6.07 Å². The van der Waals surface area contributed by atoms with Gasteiger partial charge in [0.1, 0.15) is 18.2 Å². The number of aromatic nitrogens is 3. The third-order valence-electron chi connectivity index (χ3n) is 3.62. The minimum absolute atomic E-state index is 0.174. The van der Waals surface area contributed by atoms with Gasteiger partial charge in [-0.25, -0.2) is 9.97 Å². The molecule has 0 saturated heterocycles. The highest BCUT2D eigenvalue weighted by Gasteiger charge is 2.19. The lowest BCUT2D eigenvalue weighted by molar-refractivity contribution is -0.141. The lowest BCUT2D eigenvalue weighted by Gasteiger charge is -2.23. The number of rotatable bonds is 6. The smallest absolute Gasteiger partial charge is 0.325 e. The number of aryl methyl sites for hydroxylation is 3. The van der Waals surface area contributed by atoms with E-state index in [2.05, 4.69) is 21.9 Å². The van der Waals surface area contributed by atoms with Gasteiger partial charge in [-0.3, -0.25) is 9.78 Å². The molecule has 2 aromatic heterocycles. The number of ether oxygens (including phenoxy) is 1. The molecule has 2 heterocycles. The normalized spacial score (nSPS) is 10.2. The Morgan fingerprint density at radius 1 is 1.12 bits per heavy atom. The molecule has 0 aliphatic rings. The number of nitrogens with zero attached hydrogens (tertiary/aromatic N) is 4. The Bertz CT molecular complexity index is 711. The van der Waals surface area contributed by atoms with Crippen molar-refractivity contribution in [2.45, 2.75) is 54.9 Å². The average Bonchev–Trinajstić information content (AvgIpc) is 2.59. The summed E-state index contributed by atoms with van der Waals surface area (Å²) in [4.78, 5) is 27.6. The van der Waals surface area contributed by atoms with Gasteiger partial charge in [0.15, 0.2) is 0 Å². The molecule has 0 bridgehead atoms. The van der Waals surface area contributed by atoms with Gasteiger partial charge in [0.25, 0.3) is 0 Å². The van der Waals surface area contributed by atoms with Gasteiger partial charge in [-0.05, 0) is 40.2 Å². The van der Waals surface area contributed by atoms with Gasteiger partial charge >= 0.3 is 5.97 Å². The van der Waals surface area contributed by atoms with Crippen LogP contribution in [0.1, 0.15) is 51.8 Å². The summed E-state index contributed by atoms with van der Waals surface area (Å²) in [7, 11) is 0. The van der Waals surface area contributed by atoms with Crippen molar-refractivity contribution in [2.24, 2.45) is 0 Å². The summed E-state index contributed by atoms with van der Waals surface area (Å²) in [6.45, 7) is 14.9. The Morgan fingerprint density at radius 2 is 1.80 bits per heavy atom. The fourth-order valence-electron chi connectivity index (χ4n) is 2.64. The van der Waals surface area contributed by atoms with Gasteiger partial charge in [-0.1, -0.05) is 20.8 Å². The van der Waals surface area contributed by atoms with E-state index in [1.807, 2.05) is 45.6 Å². The van der Waals surface area contributed by atoms with Crippen LogP contribution in [0.25, 0.3) is 10.9 Å². The van der Waals surface area contributed by atoms with Gasteiger partial charge in [0.2, 0.25) is 0 Å². The van der Waals surface area contributed by atoms with E-state index < -0.39 is 0 Å². The summed E-state index contributed by atoms with van der Waals surface area (Å²) in [6.07, 6.45) is 0.786. The molecule has 25 heavy (non-hydrogen) atoms. The van der Waals surface area contributed by atoms with Crippen LogP contribution >= 0.6 is 0 Å². The zero-order valence-corrected chi connectivity index (χ0v) is 16.5. The van der Waals surface area contributed by atoms with Gasteiger partial charge in [0, 0.05) is 12.2 Å². The number of likely N-dealkylation sites (N-methyl/N-ethyl adjacent to an activating group) is 1. The van der Waals surface area contributed by atoms with Crippen molar-refractivity contribution in [3.05, 3.63) is 23.3 Å². The van der Waals surface area contributed by atoms with E-state index in [4.69, 9.17) is 4.74 Å². The van der Waals surface area contributed by atoms with Crippen molar-refractivity contribution in [3.63, 3.8) is 0 Å². The van der Waals surface area contributed by atoms with Crippen molar-refractivity contribution in [1.82, 2.24) is 15.0 Å². The molecule has 0 aliphatic heterocycles. The Labute approximate surface area is 150 Å². The molecule has 6 nitrogen and oxygen atoms in total. The van der Waals surface area contributed by atoms with E-state index in [0.29, 0.717) is 19.0 Å². The highest BCUT2D eigenvalue weighted by molar-refractivity contribution is 5.93. The quantitative estimate of drug-likeness (QED) is 0.744. The number of esters is 1. The minimum atomic E-state index is -0.253. The number of pyridine rings is 1. The standard InChI is InChI=1S/C17H24N4O2.C2H6/c1-6-13-16-14(9-11(4)18-13)19-12(5)20-17(16)21(7-2)10-15(22)23-8-3;1-2/h9H,6-8,10H2,1-5H3;1-2H3. The number of carbonyl (C=O) groups excluding carboxylic acids is 1. The van der Waals surface area contributed by atoms with Gasteiger partial charge < -0.3 is 9.64 Å². The molecular weight excluding hydrogens is 316 g/mol. The van der Waals surface area contributed by atoms with Crippen LogP contribution in [-0.2, 0) is 16.0 Å². The molecule has 2 rings (SSSR count). The highest BCUT2D eigenvalue weighted by atomic mass is 16.5. The fourth-order valence-corrected chi connectivity index (χ4v) is 2.64. The molecule has 6 heteroatoms. The van der Waals surface area contributed by atoms with Crippen LogP contribution in [0.2, 0.25) is 0 Å². The summed E-state index contributed by atoms with van der Waals surface area (Å²) in [6, 6.07) is 1.96. The molecule has 0 atom stereocenters. The topological polar surface area (TPSA) is 68.2 Å². The SMILES string of the molecule is CC.CCOC(=O)CN(CC)c1nc(C)nc2cc(C)nc(CC)c12. The summed E-state index contributed by atoms with van der Waals surface area (Å²) in [5, 5.41) is 0.926. The minimum Gasteiger partial charge on any atom is -0.465 e. The number of fused-ring (bicyclic) bond motifs is 1. The Morgan fingerprint density at radius 3 is 2.36 bits per heavy atom. The zero-order chi connectivity index (χ0) is 19.0. The molecule has 0 spiro atoms. The van der Waals surface area contributed by atoms with Crippen LogP contribution in [0.4, 0.5) is 5.82 Å². The maximum Gasteiger partial charge on any atom is 0.325 e. The molecule has 0 aliphatic carbocycles. The van der Waals surface area contributed by atoms with Crippen LogP contribution < -0.4 is 4.90 Å². The largest absolute Gasteiger partial charge is 0.465 e. The highest BCUT2D eigenvalue weighted by Crippen LogP contribution is 2.27. The Kier molecular flexibility index (Phi) is 8.25. The van der Waals surface area contributed by atoms with Crippen molar-refractivity contribution in [1.29, 1.82) is 0 Å². The van der Waals surface area contributed by atoms with Crippen molar-refractivity contribution >= 4 is 22.7 Å². The molecule has 0 amide bonds. The van der Waals surface area contributed by atoms with Crippen molar-refractivity contribution in [2.75, 3.05) is 24.6 Å². The second-order valence-corrected chi connectivity index (χ2v) is 5.37. The van der Waals surface area contributed by atoms with Gasteiger partial charge in [-0.2, -0.15) is 0 Å². The maximum absolute atomic E-state index is 11.9. The second kappa shape index (κ2) is 9.91. The Hall–Kier alpha value is -2.24. The fraction of sp³-hybridized carbons (Fsp3) is 0.579. The van der Waals surface area contributed by atoms with Crippen LogP contribution in [0.3, 0.4) is 0 Å².